The molecule has 0 fully saturated rings. The molecule has 1 aliphatic rings. The molecule has 1 aromatic carbocycles. The Labute approximate surface area is 145 Å². The molecule has 0 bridgehead atoms. The number of ether oxygens (including phenoxy) is 2. The topological polar surface area (TPSA) is 91.2 Å². The fraction of sp³-hybridized carbons (Fsp3) is 0.412. The van der Waals surface area contributed by atoms with Crippen molar-refractivity contribution < 1.29 is 14.3 Å². The van der Waals surface area contributed by atoms with Gasteiger partial charge in [-0.1, -0.05) is 36.6 Å². The molecule has 8 heteroatoms. The molecule has 2 heterocycles. The molecular formula is C17H21N5O3. The Morgan fingerprint density at radius 2 is 2.16 bits per heavy atom. The van der Waals surface area contributed by atoms with Gasteiger partial charge in [0.15, 0.2) is 0 Å². The van der Waals surface area contributed by atoms with Gasteiger partial charge in [-0.15, -0.1) is 0 Å². The van der Waals surface area contributed by atoms with Crippen molar-refractivity contribution in [2.45, 2.75) is 32.7 Å². The number of fused-ring (bicyclic) bond motifs is 1. The largest absolute Gasteiger partial charge is 0.496 e. The maximum atomic E-state index is 12.8. The highest BCUT2D eigenvalue weighted by Gasteiger charge is 2.36. The standard InChI is InChI=1S/C17H21N5O3/c1-4-5-10-25-16(23)14-11(2)18-17-19-20-21-22(17)15(14)12-8-6-7-9-13(12)24-3/h6-9,15H,4-5,10H2,1-3H3,(H,18,19,21)/t15-/m1/s1. The summed E-state index contributed by atoms with van der Waals surface area (Å²) >= 11 is 0. The van der Waals surface area contributed by atoms with E-state index in [0.29, 0.717) is 29.6 Å². The minimum absolute atomic E-state index is 0.379. The van der Waals surface area contributed by atoms with Gasteiger partial charge in [0.05, 0.1) is 19.3 Å². The predicted molar refractivity (Wildman–Crippen MR) is 91.1 cm³/mol. The van der Waals surface area contributed by atoms with Crippen LogP contribution in [0.3, 0.4) is 0 Å². The summed E-state index contributed by atoms with van der Waals surface area (Å²) in [6, 6.07) is 6.99. The van der Waals surface area contributed by atoms with Crippen LogP contribution in [0.5, 0.6) is 5.75 Å². The van der Waals surface area contributed by atoms with Crippen LogP contribution in [0, 0.1) is 0 Å². The molecule has 8 nitrogen and oxygen atoms in total. The molecule has 0 saturated heterocycles. The van der Waals surface area contributed by atoms with Gasteiger partial charge in [-0.3, -0.25) is 0 Å². The molecule has 2 aromatic rings. The van der Waals surface area contributed by atoms with Crippen LogP contribution in [0.4, 0.5) is 5.95 Å². The summed E-state index contributed by atoms with van der Waals surface area (Å²) in [7, 11) is 1.59. The number of aromatic nitrogens is 4. The molecule has 0 amide bonds. The predicted octanol–water partition coefficient (Wildman–Crippen LogP) is 2.31. The van der Waals surface area contributed by atoms with Gasteiger partial charge >= 0.3 is 5.97 Å². The number of benzene rings is 1. The Kier molecular flexibility index (Phi) is 4.97. The third-order valence-corrected chi connectivity index (χ3v) is 4.10. The molecule has 3 rings (SSSR count). The van der Waals surface area contributed by atoms with E-state index in [4.69, 9.17) is 9.47 Å². The van der Waals surface area contributed by atoms with E-state index in [1.165, 1.54) is 0 Å². The van der Waals surface area contributed by atoms with Crippen LogP contribution in [0.2, 0.25) is 0 Å². The summed E-state index contributed by atoms with van der Waals surface area (Å²) in [5.74, 6) is 0.747. The fourth-order valence-electron chi connectivity index (χ4n) is 2.84. The van der Waals surface area contributed by atoms with Crippen molar-refractivity contribution in [2.75, 3.05) is 19.0 Å². The Morgan fingerprint density at radius 1 is 1.36 bits per heavy atom. The first-order chi connectivity index (χ1) is 12.2. The van der Waals surface area contributed by atoms with Gasteiger partial charge in [0.2, 0.25) is 5.95 Å². The summed E-state index contributed by atoms with van der Waals surface area (Å²) < 4.78 is 12.5. The maximum Gasteiger partial charge on any atom is 0.338 e. The molecule has 1 atom stereocenters. The monoisotopic (exact) mass is 343 g/mol. The van der Waals surface area contributed by atoms with Crippen molar-refractivity contribution in [3.8, 4) is 5.75 Å². The number of nitrogens with one attached hydrogen (secondary N) is 1. The number of tetrazole rings is 1. The molecule has 1 aliphatic heterocycles. The number of anilines is 1. The van der Waals surface area contributed by atoms with Crippen molar-refractivity contribution in [3.63, 3.8) is 0 Å². The molecule has 0 aliphatic carbocycles. The zero-order valence-electron chi connectivity index (χ0n) is 14.5. The first-order valence-corrected chi connectivity index (χ1v) is 8.23. The molecule has 132 valence electrons. The fourth-order valence-corrected chi connectivity index (χ4v) is 2.84. The van der Waals surface area contributed by atoms with Gasteiger partial charge in [0.25, 0.3) is 0 Å². The summed E-state index contributed by atoms with van der Waals surface area (Å²) in [6.07, 6.45) is 1.78. The van der Waals surface area contributed by atoms with E-state index in [-0.39, 0.29) is 5.97 Å². The smallest absolute Gasteiger partial charge is 0.338 e. The Balaban J connectivity index is 2.06. The molecule has 0 radical (unpaired) electrons. The van der Waals surface area contributed by atoms with Gasteiger partial charge in [-0.2, -0.15) is 4.68 Å². The number of nitrogens with zero attached hydrogens (tertiary/aromatic N) is 4. The third-order valence-electron chi connectivity index (χ3n) is 4.10. The average Bonchev–Trinajstić information content (AvgIpc) is 3.08. The Morgan fingerprint density at radius 3 is 2.92 bits per heavy atom. The highest BCUT2D eigenvalue weighted by atomic mass is 16.5. The number of hydrogen-bond acceptors (Lipinski definition) is 7. The zero-order chi connectivity index (χ0) is 17.8. The van der Waals surface area contributed by atoms with Gasteiger partial charge in [0, 0.05) is 11.3 Å². The van der Waals surface area contributed by atoms with Crippen molar-refractivity contribution in [1.29, 1.82) is 0 Å². The second-order valence-corrected chi connectivity index (χ2v) is 5.74. The Bertz CT molecular complexity index is 799. The van der Waals surface area contributed by atoms with Crippen molar-refractivity contribution in [2.24, 2.45) is 0 Å². The van der Waals surface area contributed by atoms with Crippen molar-refractivity contribution >= 4 is 11.9 Å². The number of carbonyl (C=O) groups excluding carboxylic acids is 1. The van der Waals surface area contributed by atoms with Crippen LogP contribution in [0.15, 0.2) is 35.5 Å². The zero-order valence-corrected chi connectivity index (χ0v) is 14.5. The van der Waals surface area contributed by atoms with E-state index in [1.807, 2.05) is 38.1 Å². The lowest BCUT2D eigenvalue weighted by Gasteiger charge is -2.28. The lowest BCUT2D eigenvalue weighted by Crippen LogP contribution is -2.30. The number of hydrogen-bond donors (Lipinski definition) is 1. The lowest BCUT2D eigenvalue weighted by atomic mass is 9.95. The van der Waals surface area contributed by atoms with Gasteiger partial charge < -0.3 is 14.8 Å². The van der Waals surface area contributed by atoms with E-state index >= 15 is 0 Å². The second-order valence-electron chi connectivity index (χ2n) is 5.74. The van der Waals surface area contributed by atoms with E-state index in [0.717, 1.165) is 18.4 Å². The van der Waals surface area contributed by atoms with Crippen LogP contribution >= 0.6 is 0 Å². The number of esters is 1. The second kappa shape index (κ2) is 7.33. The van der Waals surface area contributed by atoms with Gasteiger partial charge in [-0.05, 0) is 29.8 Å². The number of para-hydroxylation sites is 1. The average molecular weight is 343 g/mol. The summed E-state index contributed by atoms with van der Waals surface area (Å²) in [6.45, 7) is 4.25. The summed E-state index contributed by atoms with van der Waals surface area (Å²) in [5, 5.41) is 14.8. The minimum Gasteiger partial charge on any atom is -0.496 e. The summed E-state index contributed by atoms with van der Waals surface area (Å²) in [5.41, 5.74) is 1.93. The van der Waals surface area contributed by atoms with Crippen LogP contribution in [-0.4, -0.2) is 39.9 Å². The van der Waals surface area contributed by atoms with E-state index in [9.17, 15) is 4.79 Å². The van der Waals surface area contributed by atoms with Gasteiger partial charge in [0.1, 0.15) is 11.8 Å². The quantitative estimate of drug-likeness (QED) is 0.635. The minimum atomic E-state index is -0.517. The highest BCUT2D eigenvalue weighted by molar-refractivity contribution is 5.92. The van der Waals surface area contributed by atoms with Gasteiger partial charge in [-0.25, -0.2) is 4.79 Å². The molecule has 1 aromatic heterocycles. The first kappa shape index (κ1) is 16.9. The normalized spacial score (nSPS) is 16.2. The van der Waals surface area contributed by atoms with E-state index in [1.54, 1.807) is 11.8 Å². The number of carbonyl (C=O) groups is 1. The number of methoxy groups -OCH3 is 1. The number of unbranched alkanes of at least 4 members (excludes halogenated alkanes) is 1. The van der Waals surface area contributed by atoms with Crippen LogP contribution < -0.4 is 10.1 Å². The lowest BCUT2D eigenvalue weighted by molar-refractivity contribution is -0.139. The van der Waals surface area contributed by atoms with E-state index < -0.39 is 6.04 Å². The van der Waals surface area contributed by atoms with Crippen molar-refractivity contribution in [1.82, 2.24) is 20.2 Å². The molecule has 0 saturated carbocycles. The summed E-state index contributed by atoms with van der Waals surface area (Å²) in [4.78, 5) is 12.8. The SMILES string of the molecule is CCCCOC(=O)C1=C(C)Nc2nnnn2[C@@H]1c1ccccc1OC. The Hall–Kier alpha value is -2.90. The van der Waals surface area contributed by atoms with Crippen LogP contribution in [-0.2, 0) is 9.53 Å². The maximum absolute atomic E-state index is 12.8. The first-order valence-electron chi connectivity index (χ1n) is 8.23. The third kappa shape index (κ3) is 3.19. The molecule has 0 unspecified atom stereocenters. The molecule has 0 spiro atoms. The number of rotatable bonds is 6. The number of allylic oxidation sites excluding steroid dienone is 1. The highest BCUT2D eigenvalue weighted by Crippen LogP contribution is 2.38. The van der Waals surface area contributed by atoms with Crippen molar-refractivity contribution in [3.05, 3.63) is 41.1 Å². The molecule has 25 heavy (non-hydrogen) atoms. The van der Waals surface area contributed by atoms with E-state index in [2.05, 4.69) is 20.8 Å². The van der Waals surface area contributed by atoms with Crippen LogP contribution in [0.25, 0.3) is 0 Å². The molecular weight excluding hydrogens is 322 g/mol. The molecule has 1 N–H and O–H groups in total. The van der Waals surface area contributed by atoms with Crippen LogP contribution in [0.1, 0.15) is 38.3 Å².